The summed E-state index contributed by atoms with van der Waals surface area (Å²) in [5, 5.41) is 10.5. The van der Waals surface area contributed by atoms with E-state index in [1.54, 1.807) is 4.68 Å². The lowest BCUT2D eigenvalue weighted by atomic mass is 9.47. The molecule has 3 heterocycles. The van der Waals surface area contributed by atoms with Crippen molar-refractivity contribution < 1.29 is 9.59 Å². The fourth-order valence-electron chi connectivity index (χ4n) is 9.06. The van der Waals surface area contributed by atoms with E-state index in [1.807, 2.05) is 31.0 Å². The third-order valence-corrected chi connectivity index (χ3v) is 11.7. The highest BCUT2D eigenvalue weighted by Crippen LogP contribution is 2.67. The van der Waals surface area contributed by atoms with Crippen molar-refractivity contribution in [1.29, 1.82) is 0 Å². The lowest BCUT2D eigenvalue weighted by Gasteiger charge is -2.60. The molecule has 3 aliphatic carbocycles. The molecule has 3 saturated carbocycles. The minimum absolute atomic E-state index is 0.0704. The maximum Gasteiger partial charge on any atom is 0.275 e. The Bertz CT molecular complexity index is 1340. The van der Waals surface area contributed by atoms with Gasteiger partial charge < -0.3 is 4.90 Å². The van der Waals surface area contributed by atoms with Crippen LogP contribution in [0.2, 0.25) is 0 Å². The van der Waals surface area contributed by atoms with Crippen molar-refractivity contribution in [3.05, 3.63) is 40.7 Å². The van der Waals surface area contributed by atoms with Crippen LogP contribution in [0.25, 0.3) is 0 Å². The monoisotopic (exact) mass is 549 g/mol. The summed E-state index contributed by atoms with van der Waals surface area (Å²) in [5.74, 6) is 2.42. The van der Waals surface area contributed by atoms with Crippen LogP contribution in [0.5, 0.6) is 0 Å². The second-order valence-electron chi connectivity index (χ2n) is 14.1. The number of hydrogen-bond acceptors (Lipinski definition) is 5. The molecule has 0 spiro atoms. The standard InChI is InChI=1S/C31H43N5O2S/c1-18-16-24(36(34-18)29(2,3)4)27(38)33-28-32-23(17-39-28)22-10-9-20-19-8-11-25-31(6,15-13-26(37)35(25)7)21(19)12-14-30(20,22)5/h13,15-17,19-22,25H,8-12,14H2,1-7H3,(H,32,33,38)/t19-,20-,21-,22+,25+,30-,31+/m0/s1. The zero-order chi connectivity index (χ0) is 27.9. The van der Waals surface area contributed by atoms with Gasteiger partial charge in [0.15, 0.2) is 5.13 Å². The van der Waals surface area contributed by atoms with Crippen LogP contribution in [0.15, 0.2) is 23.6 Å². The first-order valence-corrected chi connectivity index (χ1v) is 15.5. The van der Waals surface area contributed by atoms with E-state index in [2.05, 4.69) is 56.5 Å². The van der Waals surface area contributed by atoms with E-state index in [0.29, 0.717) is 40.5 Å². The lowest BCUT2D eigenvalue weighted by Crippen LogP contribution is -2.59. The first-order valence-electron chi connectivity index (χ1n) is 14.6. The van der Waals surface area contributed by atoms with Gasteiger partial charge in [0.05, 0.1) is 16.9 Å². The smallest absolute Gasteiger partial charge is 0.275 e. The van der Waals surface area contributed by atoms with Crippen LogP contribution in [0.3, 0.4) is 0 Å². The Kier molecular flexibility index (Phi) is 6.18. The molecule has 0 aromatic carbocycles. The Hall–Kier alpha value is -2.48. The van der Waals surface area contributed by atoms with Crippen LogP contribution in [0.1, 0.15) is 101 Å². The van der Waals surface area contributed by atoms with Crippen molar-refractivity contribution >= 4 is 28.3 Å². The van der Waals surface area contributed by atoms with Crippen LogP contribution < -0.4 is 5.32 Å². The Labute approximate surface area is 236 Å². The molecule has 2 amide bonds. The molecular formula is C31H43N5O2S. The van der Waals surface area contributed by atoms with Gasteiger partial charge in [0, 0.05) is 29.8 Å². The van der Waals surface area contributed by atoms with Crippen molar-refractivity contribution in [3.8, 4) is 0 Å². The number of nitrogens with zero attached hydrogens (tertiary/aromatic N) is 4. The number of likely N-dealkylation sites (N-methyl/N-ethyl adjacent to an activating group) is 1. The van der Waals surface area contributed by atoms with Crippen molar-refractivity contribution in [2.75, 3.05) is 12.4 Å². The van der Waals surface area contributed by atoms with Crippen molar-refractivity contribution in [1.82, 2.24) is 19.7 Å². The summed E-state index contributed by atoms with van der Waals surface area (Å²) in [6.45, 7) is 13.0. The summed E-state index contributed by atoms with van der Waals surface area (Å²) in [6.07, 6.45) is 11.2. The quantitative estimate of drug-likeness (QED) is 0.482. The van der Waals surface area contributed by atoms with Crippen molar-refractivity contribution in [3.63, 3.8) is 0 Å². The maximum absolute atomic E-state index is 13.2. The van der Waals surface area contributed by atoms with Crippen LogP contribution >= 0.6 is 11.3 Å². The van der Waals surface area contributed by atoms with Gasteiger partial charge in [-0.05, 0) is 102 Å². The number of rotatable bonds is 3. The molecule has 1 aliphatic heterocycles. The van der Waals surface area contributed by atoms with Gasteiger partial charge in [-0.15, -0.1) is 11.3 Å². The molecule has 0 bridgehead atoms. The minimum atomic E-state index is -0.282. The maximum atomic E-state index is 13.2. The molecular weight excluding hydrogens is 506 g/mol. The van der Waals surface area contributed by atoms with Crippen molar-refractivity contribution in [2.24, 2.45) is 28.6 Å². The predicted octanol–water partition coefficient (Wildman–Crippen LogP) is 6.38. The summed E-state index contributed by atoms with van der Waals surface area (Å²) in [4.78, 5) is 32.6. The second-order valence-corrected chi connectivity index (χ2v) is 14.9. The van der Waals surface area contributed by atoms with Gasteiger partial charge >= 0.3 is 0 Å². The van der Waals surface area contributed by atoms with Crippen LogP contribution in [0.4, 0.5) is 5.13 Å². The lowest BCUT2D eigenvalue weighted by molar-refractivity contribution is -0.138. The zero-order valence-electron chi connectivity index (χ0n) is 24.5. The summed E-state index contributed by atoms with van der Waals surface area (Å²) in [7, 11) is 1.99. The highest BCUT2D eigenvalue weighted by molar-refractivity contribution is 7.14. The van der Waals surface area contributed by atoms with E-state index in [-0.39, 0.29) is 28.2 Å². The number of carbonyl (C=O) groups excluding carboxylic acids is 2. The fraction of sp³-hybridized carbons (Fsp3) is 0.677. The minimum Gasteiger partial charge on any atom is -0.338 e. The van der Waals surface area contributed by atoms with Gasteiger partial charge in [0.2, 0.25) is 5.91 Å². The number of thiazole rings is 1. The largest absolute Gasteiger partial charge is 0.338 e. The van der Waals surface area contributed by atoms with Crippen LogP contribution in [-0.4, -0.2) is 44.6 Å². The molecule has 4 aliphatic rings. The van der Waals surface area contributed by atoms with Crippen LogP contribution in [-0.2, 0) is 10.3 Å². The van der Waals surface area contributed by atoms with Gasteiger partial charge in [0.25, 0.3) is 5.91 Å². The molecule has 2 aromatic rings. The van der Waals surface area contributed by atoms with Gasteiger partial charge in [0.1, 0.15) is 5.69 Å². The van der Waals surface area contributed by atoms with E-state index >= 15 is 0 Å². The molecule has 1 N–H and O–H groups in total. The molecule has 39 heavy (non-hydrogen) atoms. The Morgan fingerprint density at radius 1 is 1.13 bits per heavy atom. The van der Waals surface area contributed by atoms with Crippen LogP contribution in [0, 0.1) is 35.5 Å². The summed E-state index contributed by atoms with van der Waals surface area (Å²) < 4.78 is 1.80. The van der Waals surface area contributed by atoms with E-state index in [4.69, 9.17) is 4.98 Å². The number of aryl methyl sites for hydroxylation is 1. The van der Waals surface area contributed by atoms with Gasteiger partial charge in [-0.3, -0.25) is 19.6 Å². The molecule has 2 aromatic heterocycles. The Morgan fingerprint density at radius 3 is 2.64 bits per heavy atom. The molecule has 7 nitrogen and oxygen atoms in total. The summed E-state index contributed by atoms with van der Waals surface area (Å²) in [6, 6.07) is 2.17. The number of amides is 2. The van der Waals surface area contributed by atoms with E-state index in [9.17, 15) is 9.59 Å². The second kappa shape index (κ2) is 9.02. The Morgan fingerprint density at radius 2 is 1.90 bits per heavy atom. The number of carbonyl (C=O) groups is 2. The average molecular weight is 550 g/mol. The summed E-state index contributed by atoms with van der Waals surface area (Å²) in [5.41, 5.74) is 2.55. The van der Waals surface area contributed by atoms with E-state index in [1.165, 1.54) is 37.0 Å². The third-order valence-electron chi connectivity index (χ3n) is 10.9. The van der Waals surface area contributed by atoms with Crippen molar-refractivity contribution in [2.45, 2.75) is 97.6 Å². The molecule has 210 valence electrons. The van der Waals surface area contributed by atoms with Gasteiger partial charge in [-0.25, -0.2) is 4.98 Å². The highest BCUT2D eigenvalue weighted by Gasteiger charge is 2.60. The number of anilines is 1. The molecule has 8 heteroatoms. The first kappa shape index (κ1) is 26.7. The van der Waals surface area contributed by atoms with E-state index in [0.717, 1.165) is 24.2 Å². The normalized spacial score (nSPS) is 35.9. The molecule has 0 radical (unpaired) electrons. The molecule has 0 saturated heterocycles. The number of aromatic nitrogens is 3. The van der Waals surface area contributed by atoms with Gasteiger partial charge in [-0.1, -0.05) is 19.9 Å². The highest BCUT2D eigenvalue weighted by atomic mass is 32.1. The molecule has 0 unspecified atom stereocenters. The zero-order valence-corrected chi connectivity index (χ0v) is 25.3. The average Bonchev–Trinajstić information content (AvgIpc) is 3.57. The fourth-order valence-corrected chi connectivity index (χ4v) is 9.82. The topological polar surface area (TPSA) is 80.1 Å². The number of fused-ring (bicyclic) bond motifs is 5. The van der Waals surface area contributed by atoms with Gasteiger partial charge in [-0.2, -0.15) is 5.10 Å². The predicted molar refractivity (Wildman–Crippen MR) is 155 cm³/mol. The van der Waals surface area contributed by atoms with E-state index < -0.39 is 0 Å². The molecule has 7 atom stereocenters. The number of nitrogens with one attached hydrogen (secondary N) is 1. The number of hydrogen-bond donors (Lipinski definition) is 1. The molecule has 6 rings (SSSR count). The summed E-state index contributed by atoms with van der Waals surface area (Å²) >= 11 is 1.54. The first-order chi connectivity index (χ1) is 18.3. The third kappa shape index (κ3) is 4.11. The molecule has 3 fully saturated rings. The Balaban J connectivity index is 1.20. The SMILES string of the molecule is Cc1cc(C(=O)Nc2nc([C@H]3CC[C@H]4[C@@H]5CC[C@H]6N(C)C(=O)C=C[C@]6(C)[C@H]5CC[C@]34C)cs2)n(C(C)(C)C)n1.